The molecule has 0 unspecified atom stereocenters. The van der Waals surface area contributed by atoms with Gasteiger partial charge in [0.15, 0.2) is 0 Å². The van der Waals surface area contributed by atoms with Crippen molar-refractivity contribution in [3.05, 3.63) is 35.4 Å². The molecule has 23 heavy (non-hydrogen) atoms. The SMILES string of the molecule is COC(=O)Cc1cccc(CNCCCN2CCNCC2)c1.Cl. The van der Waals surface area contributed by atoms with E-state index in [1.54, 1.807) is 0 Å². The van der Waals surface area contributed by atoms with E-state index in [-0.39, 0.29) is 18.4 Å². The van der Waals surface area contributed by atoms with Gasteiger partial charge in [-0.2, -0.15) is 0 Å². The van der Waals surface area contributed by atoms with E-state index in [0.717, 1.165) is 51.4 Å². The molecule has 130 valence electrons. The summed E-state index contributed by atoms with van der Waals surface area (Å²) in [6.07, 6.45) is 1.51. The predicted octanol–water partition coefficient (Wildman–Crippen LogP) is 1.21. The Bertz CT molecular complexity index is 465. The van der Waals surface area contributed by atoms with Crippen LogP contribution in [0.15, 0.2) is 24.3 Å². The van der Waals surface area contributed by atoms with Crippen LogP contribution in [0.5, 0.6) is 0 Å². The number of carbonyl (C=O) groups is 1. The molecule has 0 aliphatic carbocycles. The number of carbonyl (C=O) groups excluding carboxylic acids is 1. The molecule has 1 heterocycles. The molecule has 1 aliphatic heterocycles. The lowest BCUT2D eigenvalue weighted by Gasteiger charge is -2.27. The van der Waals surface area contributed by atoms with Gasteiger partial charge in [0.2, 0.25) is 0 Å². The van der Waals surface area contributed by atoms with E-state index >= 15 is 0 Å². The van der Waals surface area contributed by atoms with Gasteiger partial charge in [-0.05, 0) is 30.6 Å². The van der Waals surface area contributed by atoms with Gasteiger partial charge in [0.25, 0.3) is 0 Å². The molecule has 0 radical (unpaired) electrons. The molecule has 5 nitrogen and oxygen atoms in total. The second-order valence-corrected chi connectivity index (χ2v) is 5.69. The van der Waals surface area contributed by atoms with Crippen LogP contribution in [0.2, 0.25) is 0 Å². The van der Waals surface area contributed by atoms with E-state index in [1.165, 1.54) is 19.1 Å². The average Bonchev–Trinajstić information content (AvgIpc) is 2.56. The minimum absolute atomic E-state index is 0. The minimum atomic E-state index is -0.193. The standard InChI is InChI=1S/C17H27N3O2.ClH/c1-22-17(21)13-15-4-2-5-16(12-15)14-19-6-3-9-20-10-7-18-8-11-20;/h2,4-5,12,18-19H,3,6-11,13-14H2,1H3;1H. The largest absolute Gasteiger partial charge is 0.469 e. The topological polar surface area (TPSA) is 53.6 Å². The summed E-state index contributed by atoms with van der Waals surface area (Å²) in [5.74, 6) is -0.193. The van der Waals surface area contributed by atoms with Crippen molar-refractivity contribution in [3.8, 4) is 0 Å². The van der Waals surface area contributed by atoms with Gasteiger partial charge >= 0.3 is 5.97 Å². The van der Waals surface area contributed by atoms with Crippen molar-refractivity contribution >= 4 is 18.4 Å². The molecular weight excluding hydrogens is 314 g/mol. The molecule has 1 saturated heterocycles. The Morgan fingerprint density at radius 3 is 2.78 bits per heavy atom. The minimum Gasteiger partial charge on any atom is -0.469 e. The number of hydrogen-bond acceptors (Lipinski definition) is 5. The summed E-state index contributed by atoms with van der Waals surface area (Å²) in [6, 6.07) is 8.12. The lowest BCUT2D eigenvalue weighted by molar-refractivity contribution is -0.139. The maximum Gasteiger partial charge on any atom is 0.309 e. The van der Waals surface area contributed by atoms with Crippen LogP contribution in [0.25, 0.3) is 0 Å². The smallest absolute Gasteiger partial charge is 0.309 e. The predicted molar refractivity (Wildman–Crippen MR) is 95.0 cm³/mol. The highest BCUT2D eigenvalue weighted by molar-refractivity contribution is 5.85. The fourth-order valence-electron chi connectivity index (χ4n) is 2.68. The van der Waals surface area contributed by atoms with Crippen molar-refractivity contribution in [2.75, 3.05) is 46.4 Å². The highest BCUT2D eigenvalue weighted by Crippen LogP contribution is 2.06. The highest BCUT2D eigenvalue weighted by atomic mass is 35.5. The molecule has 1 aromatic carbocycles. The quantitative estimate of drug-likeness (QED) is 0.550. The van der Waals surface area contributed by atoms with Crippen LogP contribution in [-0.4, -0.2) is 57.2 Å². The molecule has 2 rings (SSSR count). The van der Waals surface area contributed by atoms with E-state index in [0.29, 0.717) is 6.42 Å². The van der Waals surface area contributed by atoms with Crippen LogP contribution in [0, 0.1) is 0 Å². The van der Waals surface area contributed by atoms with Gasteiger partial charge in [-0.3, -0.25) is 4.79 Å². The molecule has 1 aliphatic rings. The first kappa shape index (κ1) is 19.9. The fraction of sp³-hybridized carbons (Fsp3) is 0.588. The third-order valence-electron chi connectivity index (χ3n) is 3.93. The van der Waals surface area contributed by atoms with Crippen LogP contribution < -0.4 is 10.6 Å². The number of hydrogen-bond donors (Lipinski definition) is 2. The van der Waals surface area contributed by atoms with Gasteiger partial charge < -0.3 is 20.3 Å². The number of nitrogens with one attached hydrogen (secondary N) is 2. The Morgan fingerprint density at radius 2 is 2.04 bits per heavy atom. The van der Waals surface area contributed by atoms with Crippen LogP contribution >= 0.6 is 12.4 Å². The van der Waals surface area contributed by atoms with E-state index < -0.39 is 0 Å². The van der Waals surface area contributed by atoms with Crippen molar-refractivity contribution in [3.63, 3.8) is 0 Å². The summed E-state index contributed by atoms with van der Waals surface area (Å²) in [7, 11) is 1.42. The Kier molecular flexibility index (Phi) is 9.87. The molecule has 0 aromatic heterocycles. The van der Waals surface area contributed by atoms with Gasteiger partial charge in [0.05, 0.1) is 13.5 Å². The Morgan fingerprint density at radius 1 is 1.30 bits per heavy atom. The van der Waals surface area contributed by atoms with Crippen molar-refractivity contribution in [1.82, 2.24) is 15.5 Å². The number of nitrogens with zero attached hydrogens (tertiary/aromatic N) is 1. The Hall–Kier alpha value is -1.14. The van der Waals surface area contributed by atoms with E-state index in [9.17, 15) is 4.79 Å². The first-order valence-corrected chi connectivity index (χ1v) is 8.06. The van der Waals surface area contributed by atoms with Gasteiger partial charge in [0, 0.05) is 32.7 Å². The molecule has 0 atom stereocenters. The number of piperazine rings is 1. The maximum atomic E-state index is 11.3. The summed E-state index contributed by atoms with van der Waals surface area (Å²) >= 11 is 0. The van der Waals surface area contributed by atoms with E-state index in [1.807, 2.05) is 12.1 Å². The highest BCUT2D eigenvalue weighted by Gasteiger charge is 2.08. The summed E-state index contributed by atoms with van der Waals surface area (Å²) in [5, 5.41) is 6.85. The monoisotopic (exact) mass is 341 g/mol. The molecule has 0 saturated carbocycles. The zero-order valence-corrected chi connectivity index (χ0v) is 14.7. The average molecular weight is 342 g/mol. The second kappa shape index (κ2) is 11.4. The molecule has 0 spiro atoms. The molecule has 1 fully saturated rings. The molecular formula is C17H28ClN3O2. The van der Waals surface area contributed by atoms with Gasteiger partial charge in [-0.15, -0.1) is 12.4 Å². The third-order valence-corrected chi connectivity index (χ3v) is 3.93. The Labute approximate surface area is 145 Å². The van der Waals surface area contributed by atoms with E-state index in [4.69, 9.17) is 4.74 Å². The normalized spacial score (nSPS) is 15.0. The van der Waals surface area contributed by atoms with Crippen molar-refractivity contribution in [2.24, 2.45) is 0 Å². The zero-order chi connectivity index (χ0) is 15.6. The Balaban J connectivity index is 0.00000264. The van der Waals surface area contributed by atoms with Crippen LogP contribution in [0.4, 0.5) is 0 Å². The summed E-state index contributed by atoms with van der Waals surface area (Å²) in [4.78, 5) is 13.8. The molecule has 0 amide bonds. The summed E-state index contributed by atoms with van der Waals surface area (Å²) in [6.45, 7) is 7.57. The number of benzene rings is 1. The molecule has 1 aromatic rings. The number of esters is 1. The van der Waals surface area contributed by atoms with Crippen molar-refractivity contribution in [1.29, 1.82) is 0 Å². The van der Waals surface area contributed by atoms with Crippen LogP contribution in [0.1, 0.15) is 17.5 Å². The molecule has 0 bridgehead atoms. The maximum absolute atomic E-state index is 11.3. The van der Waals surface area contributed by atoms with Crippen LogP contribution in [-0.2, 0) is 22.5 Å². The number of halogens is 1. The zero-order valence-electron chi connectivity index (χ0n) is 13.8. The summed E-state index contributed by atoms with van der Waals surface area (Å²) < 4.78 is 4.70. The summed E-state index contributed by atoms with van der Waals surface area (Å²) in [5.41, 5.74) is 2.22. The lowest BCUT2D eigenvalue weighted by atomic mass is 10.1. The van der Waals surface area contributed by atoms with Crippen LogP contribution in [0.3, 0.4) is 0 Å². The van der Waals surface area contributed by atoms with Crippen molar-refractivity contribution in [2.45, 2.75) is 19.4 Å². The number of methoxy groups -OCH3 is 1. The lowest BCUT2D eigenvalue weighted by Crippen LogP contribution is -2.44. The first-order chi connectivity index (χ1) is 10.8. The molecule has 2 N–H and O–H groups in total. The van der Waals surface area contributed by atoms with Gasteiger partial charge in [-0.1, -0.05) is 24.3 Å². The van der Waals surface area contributed by atoms with E-state index in [2.05, 4.69) is 27.7 Å². The van der Waals surface area contributed by atoms with Gasteiger partial charge in [0.1, 0.15) is 0 Å². The second-order valence-electron chi connectivity index (χ2n) is 5.69. The molecule has 6 heteroatoms. The third kappa shape index (κ3) is 7.79. The number of rotatable bonds is 8. The van der Waals surface area contributed by atoms with Crippen molar-refractivity contribution < 1.29 is 9.53 Å². The first-order valence-electron chi connectivity index (χ1n) is 8.06. The fourth-order valence-corrected chi connectivity index (χ4v) is 2.68. The van der Waals surface area contributed by atoms with Gasteiger partial charge in [-0.25, -0.2) is 0 Å². The number of ether oxygens (including phenoxy) is 1.